The van der Waals surface area contributed by atoms with E-state index in [9.17, 15) is 0 Å². The van der Waals surface area contributed by atoms with E-state index in [-0.39, 0.29) is 0 Å². The fourth-order valence-electron chi connectivity index (χ4n) is 2.28. The minimum absolute atomic E-state index is 0.433. The normalized spacial score (nSPS) is 11.1. The topological polar surface area (TPSA) is 27.1 Å². The van der Waals surface area contributed by atoms with E-state index < -0.39 is 0 Å². The molecule has 102 valence electrons. The summed E-state index contributed by atoms with van der Waals surface area (Å²) in [6.07, 6.45) is 0. The maximum atomic E-state index is 5.20. The molecule has 0 atom stereocenters. The van der Waals surface area contributed by atoms with E-state index in [0.717, 1.165) is 22.5 Å². The summed E-state index contributed by atoms with van der Waals surface area (Å²) in [7, 11) is 1.68. The Labute approximate surface area is 122 Å². The van der Waals surface area contributed by atoms with Crippen LogP contribution in [-0.2, 0) is 5.33 Å². The Kier molecular flexibility index (Phi) is 4.30. The van der Waals surface area contributed by atoms with Crippen molar-refractivity contribution in [2.75, 3.05) is 7.11 Å². The third-order valence-electron chi connectivity index (χ3n) is 3.26. The number of rotatable bonds is 4. The number of halogens is 1. The zero-order valence-corrected chi connectivity index (χ0v) is 13.4. The van der Waals surface area contributed by atoms with Gasteiger partial charge in [-0.05, 0) is 42.7 Å². The van der Waals surface area contributed by atoms with Crippen LogP contribution in [0.4, 0.5) is 0 Å². The van der Waals surface area contributed by atoms with E-state index in [4.69, 9.17) is 9.84 Å². The second-order valence-electron chi connectivity index (χ2n) is 4.86. The van der Waals surface area contributed by atoms with Crippen molar-refractivity contribution >= 4 is 15.9 Å². The molecule has 0 bridgehead atoms. The Morgan fingerprint density at radius 3 is 2.37 bits per heavy atom. The lowest BCUT2D eigenvalue weighted by atomic mass is 10.0. The first-order chi connectivity index (χ1) is 9.08. The van der Waals surface area contributed by atoms with Crippen molar-refractivity contribution in [2.45, 2.75) is 32.0 Å². The van der Waals surface area contributed by atoms with E-state index in [1.165, 1.54) is 11.3 Å². The van der Waals surface area contributed by atoms with Gasteiger partial charge in [-0.1, -0.05) is 29.8 Å². The van der Waals surface area contributed by atoms with Gasteiger partial charge in [-0.2, -0.15) is 5.10 Å². The molecule has 0 N–H and O–H groups in total. The molecule has 1 aromatic carbocycles. The monoisotopic (exact) mass is 322 g/mol. The molecule has 1 heterocycles. The van der Waals surface area contributed by atoms with E-state index in [0.29, 0.717) is 5.92 Å². The van der Waals surface area contributed by atoms with Gasteiger partial charge in [0.25, 0.3) is 0 Å². The Hall–Kier alpha value is -1.29. The third-order valence-corrected chi connectivity index (χ3v) is 3.79. The molecule has 0 aliphatic heterocycles. The second kappa shape index (κ2) is 5.78. The van der Waals surface area contributed by atoms with Crippen molar-refractivity contribution in [3.8, 4) is 11.4 Å². The molecular formula is C15H19BrN2O. The molecule has 19 heavy (non-hydrogen) atoms. The zero-order valence-electron chi connectivity index (χ0n) is 11.8. The van der Waals surface area contributed by atoms with Gasteiger partial charge >= 0.3 is 0 Å². The number of aromatic nitrogens is 2. The highest BCUT2D eigenvalue weighted by Crippen LogP contribution is 2.27. The van der Waals surface area contributed by atoms with Gasteiger partial charge in [-0.15, -0.1) is 0 Å². The zero-order chi connectivity index (χ0) is 14.0. The lowest BCUT2D eigenvalue weighted by molar-refractivity contribution is 0.414. The van der Waals surface area contributed by atoms with Gasteiger partial charge in [0.05, 0.1) is 18.5 Å². The molecule has 4 heteroatoms. The first-order valence-corrected chi connectivity index (χ1v) is 7.49. The van der Waals surface area contributed by atoms with Crippen LogP contribution in [0.1, 0.15) is 36.7 Å². The van der Waals surface area contributed by atoms with Crippen molar-refractivity contribution in [3.05, 3.63) is 41.2 Å². The number of alkyl halides is 1. The Balaban J connectivity index is 2.53. The second-order valence-corrected chi connectivity index (χ2v) is 5.42. The lowest BCUT2D eigenvalue weighted by Gasteiger charge is -2.11. The minimum Gasteiger partial charge on any atom is -0.497 e. The van der Waals surface area contributed by atoms with Crippen molar-refractivity contribution < 1.29 is 4.74 Å². The molecule has 0 aliphatic rings. The van der Waals surface area contributed by atoms with Gasteiger partial charge in [0, 0.05) is 11.0 Å². The summed E-state index contributed by atoms with van der Waals surface area (Å²) in [4.78, 5) is 0. The number of nitrogens with zero attached hydrogens (tertiary/aromatic N) is 2. The van der Waals surface area contributed by atoms with Gasteiger partial charge < -0.3 is 4.74 Å². The van der Waals surface area contributed by atoms with Crippen LogP contribution in [0.25, 0.3) is 5.69 Å². The van der Waals surface area contributed by atoms with Crippen molar-refractivity contribution in [1.29, 1.82) is 0 Å². The molecule has 3 nitrogen and oxygen atoms in total. The molecule has 0 fully saturated rings. The fraction of sp³-hybridized carbons (Fsp3) is 0.400. The summed E-state index contributed by atoms with van der Waals surface area (Å²) in [5, 5.41) is 5.48. The molecule has 0 radical (unpaired) electrons. The van der Waals surface area contributed by atoms with Crippen LogP contribution in [0.3, 0.4) is 0 Å². The van der Waals surface area contributed by atoms with Crippen LogP contribution in [0.2, 0.25) is 0 Å². The Morgan fingerprint density at radius 1 is 1.26 bits per heavy atom. The van der Waals surface area contributed by atoms with Crippen LogP contribution >= 0.6 is 15.9 Å². The van der Waals surface area contributed by atoms with E-state index in [2.05, 4.69) is 36.7 Å². The fourth-order valence-corrected chi connectivity index (χ4v) is 2.81. The summed E-state index contributed by atoms with van der Waals surface area (Å²) in [5.74, 6) is 1.29. The van der Waals surface area contributed by atoms with Gasteiger partial charge in [0.1, 0.15) is 5.75 Å². The van der Waals surface area contributed by atoms with Crippen LogP contribution in [-0.4, -0.2) is 16.9 Å². The van der Waals surface area contributed by atoms with E-state index in [1.807, 2.05) is 28.9 Å². The van der Waals surface area contributed by atoms with Crippen molar-refractivity contribution in [2.24, 2.45) is 0 Å². The summed E-state index contributed by atoms with van der Waals surface area (Å²) < 4.78 is 7.23. The Bertz CT molecular complexity index is 558. The minimum atomic E-state index is 0.433. The maximum absolute atomic E-state index is 5.20. The quantitative estimate of drug-likeness (QED) is 0.788. The van der Waals surface area contributed by atoms with Crippen LogP contribution < -0.4 is 4.74 Å². The SMILES string of the molecule is COc1ccc(-n2nc(CBr)c(C)c2C(C)C)cc1. The number of ether oxygens (including phenoxy) is 1. The summed E-state index contributed by atoms with van der Waals surface area (Å²) in [6, 6.07) is 8.00. The van der Waals surface area contributed by atoms with Gasteiger partial charge in [0.15, 0.2) is 0 Å². The number of benzene rings is 1. The average molecular weight is 323 g/mol. The molecule has 0 saturated carbocycles. The highest BCUT2D eigenvalue weighted by molar-refractivity contribution is 9.08. The summed E-state index contributed by atoms with van der Waals surface area (Å²) >= 11 is 3.50. The average Bonchev–Trinajstić information content (AvgIpc) is 2.76. The lowest BCUT2D eigenvalue weighted by Crippen LogP contribution is -2.04. The first kappa shape index (κ1) is 14.1. The third kappa shape index (κ3) is 2.68. The maximum Gasteiger partial charge on any atom is 0.119 e. The highest BCUT2D eigenvalue weighted by Gasteiger charge is 2.17. The predicted molar refractivity (Wildman–Crippen MR) is 81.6 cm³/mol. The number of hydrogen-bond donors (Lipinski definition) is 0. The predicted octanol–water partition coefficient (Wildman–Crippen LogP) is 4.21. The first-order valence-electron chi connectivity index (χ1n) is 6.37. The number of methoxy groups -OCH3 is 1. The van der Waals surface area contributed by atoms with Crippen LogP contribution in [0.5, 0.6) is 5.75 Å². The molecule has 1 aromatic heterocycles. The molecule has 0 unspecified atom stereocenters. The van der Waals surface area contributed by atoms with Crippen LogP contribution in [0.15, 0.2) is 24.3 Å². The van der Waals surface area contributed by atoms with E-state index >= 15 is 0 Å². The summed E-state index contributed by atoms with van der Waals surface area (Å²) in [6.45, 7) is 6.53. The molecule has 2 rings (SSSR count). The van der Waals surface area contributed by atoms with Gasteiger partial charge in [-0.25, -0.2) is 4.68 Å². The molecule has 0 aliphatic carbocycles. The molecule has 0 spiro atoms. The van der Waals surface area contributed by atoms with Crippen LogP contribution in [0, 0.1) is 6.92 Å². The molecule has 2 aromatic rings. The van der Waals surface area contributed by atoms with Crippen molar-refractivity contribution in [1.82, 2.24) is 9.78 Å². The van der Waals surface area contributed by atoms with Crippen molar-refractivity contribution in [3.63, 3.8) is 0 Å². The Morgan fingerprint density at radius 2 is 1.89 bits per heavy atom. The number of hydrogen-bond acceptors (Lipinski definition) is 2. The van der Waals surface area contributed by atoms with Gasteiger partial charge in [0.2, 0.25) is 0 Å². The highest BCUT2D eigenvalue weighted by atomic mass is 79.9. The molecular weight excluding hydrogens is 304 g/mol. The van der Waals surface area contributed by atoms with E-state index in [1.54, 1.807) is 7.11 Å². The molecule has 0 saturated heterocycles. The summed E-state index contributed by atoms with van der Waals surface area (Å²) in [5.41, 5.74) is 4.70. The molecule has 0 amide bonds. The van der Waals surface area contributed by atoms with Gasteiger partial charge in [-0.3, -0.25) is 0 Å². The smallest absolute Gasteiger partial charge is 0.119 e. The standard InChI is InChI=1S/C15H19BrN2O/c1-10(2)15-11(3)14(9-16)17-18(15)12-5-7-13(19-4)8-6-12/h5-8,10H,9H2,1-4H3. The largest absolute Gasteiger partial charge is 0.497 e.